The van der Waals surface area contributed by atoms with Gasteiger partial charge >= 0.3 is 12.0 Å². The van der Waals surface area contributed by atoms with Gasteiger partial charge in [0.15, 0.2) is 11.2 Å². The molecule has 1 unspecified atom stereocenters. The number of esters is 1. The number of cyclic esters (lactones) is 1. The fraction of sp³-hybridized carbons (Fsp3) is 0.579. The van der Waals surface area contributed by atoms with Gasteiger partial charge in [-0.05, 0) is 26.2 Å². The van der Waals surface area contributed by atoms with Crippen molar-refractivity contribution in [2.75, 3.05) is 24.6 Å². The summed E-state index contributed by atoms with van der Waals surface area (Å²) < 4.78 is 13.7. The molecule has 148 valence electrons. The molecule has 4 heterocycles. The zero-order valence-corrected chi connectivity index (χ0v) is 16.1. The predicted molar refractivity (Wildman–Crippen MR) is 102 cm³/mol. The maximum Gasteiger partial charge on any atom is 0.347 e. The highest BCUT2D eigenvalue weighted by Crippen LogP contribution is 2.24. The summed E-state index contributed by atoms with van der Waals surface area (Å²) in [5, 5.41) is 0. The van der Waals surface area contributed by atoms with Gasteiger partial charge in [0.1, 0.15) is 0 Å². The average molecular weight is 385 g/mol. The Morgan fingerprint density at radius 2 is 2.00 bits per heavy atom. The van der Waals surface area contributed by atoms with Crippen molar-refractivity contribution in [2.24, 2.45) is 7.05 Å². The second-order valence-electron chi connectivity index (χ2n) is 6.97. The molecule has 2 aromatic heterocycles. The highest BCUT2D eigenvalue weighted by atomic mass is 16.6. The van der Waals surface area contributed by atoms with Gasteiger partial charge in [-0.25, -0.2) is 4.79 Å². The third-order valence-electron chi connectivity index (χ3n) is 5.11. The van der Waals surface area contributed by atoms with Crippen molar-refractivity contribution < 1.29 is 14.3 Å². The summed E-state index contributed by atoms with van der Waals surface area (Å²) in [5.74, 6) is 6.17. The number of fused-ring (bicyclic) bond motifs is 1. The van der Waals surface area contributed by atoms with E-state index in [-0.39, 0.29) is 11.6 Å². The van der Waals surface area contributed by atoms with Crippen LogP contribution < -0.4 is 15.2 Å². The summed E-state index contributed by atoms with van der Waals surface area (Å²) >= 11 is 0. The van der Waals surface area contributed by atoms with Gasteiger partial charge in [0, 0.05) is 26.6 Å². The smallest absolute Gasteiger partial charge is 0.347 e. The first kappa shape index (κ1) is 18.3. The molecule has 9 nitrogen and oxygen atoms in total. The van der Waals surface area contributed by atoms with Crippen molar-refractivity contribution in [3.8, 4) is 17.9 Å². The van der Waals surface area contributed by atoms with Crippen molar-refractivity contribution in [3.63, 3.8) is 0 Å². The van der Waals surface area contributed by atoms with Gasteiger partial charge in [-0.3, -0.25) is 13.9 Å². The van der Waals surface area contributed by atoms with E-state index < -0.39 is 12.1 Å². The Morgan fingerprint density at radius 1 is 1.21 bits per heavy atom. The number of imidazole rings is 1. The fourth-order valence-corrected chi connectivity index (χ4v) is 3.59. The van der Waals surface area contributed by atoms with Crippen LogP contribution in [0.4, 0.5) is 5.95 Å². The average Bonchev–Trinajstić information content (AvgIpc) is 3.28. The molecule has 0 radical (unpaired) electrons. The van der Waals surface area contributed by atoms with Gasteiger partial charge in [0.2, 0.25) is 12.1 Å². The number of rotatable bonds is 4. The van der Waals surface area contributed by atoms with Crippen molar-refractivity contribution >= 4 is 23.1 Å². The van der Waals surface area contributed by atoms with E-state index in [0.29, 0.717) is 36.7 Å². The Morgan fingerprint density at radius 3 is 2.68 bits per heavy atom. The van der Waals surface area contributed by atoms with Crippen molar-refractivity contribution in [1.29, 1.82) is 0 Å². The monoisotopic (exact) mass is 385 g/mol. The molecule has 9 heteroatoms. The van der Waals surface area contributed by atoms with Crippen molar-refractivity contribution in [1.82, 2.24) is 19.1 Å². The number of piperidine rings is 1. The van der Waals surface area contributed by atoms with Crippen LogP contribution in [0.25, 0.3) is 11.2 Å². The molecule has 0 saturated carbocycles. The lowest BCUT2D eigenvalue weighted by Gasteiger charge is -2.27. The standard InChI is InChI=1S/C19H23N5O4/c1-3-4-11-24-14-15(20-18(24)23-9-6-5-7-10-23)21-19(22(2)16(14)25)28-13-8-12-27-17(13)26/h13H,5-12H2,1-2H3. The lowest BCUT2D eigenvalue weighted by molar-refractivity contribution is -0.143. The van der Waals surface area contributed by atoms with Gasteiger partial charge in [0.25, 0.3) is 5.56 Å². The molecule has 2 saturated heterocycles. The largest absolute Gasteiger partial charge is 0.463 e. The fourth-order valence-electron chi connectivity index (χ4n) is 3.59. The number of carbonyl (C=O) groups is 1. The van der Waals surface area contributed by atoms with Crippen LogP contribution in [0.5, 0.6) is 6.01 Å². The van der Waals surface area contributed by atoms with Crippen LogP contribution in [0.1, 0.15) is 32.6 Å². The Labute approximate surface area is 162 Å². The maximum absolute atomic E-state index is 13.1. The van der Waals surface area contributed by atoms with Gasteiger partial charge in [0.05, 0.1) is 13.2 Å². The van der Waals surface area contributed by atoms with Crippen LogP contribution in [0.3, 0.4) is 0 Å². The van der Waals surface area contributed by atoms with Crippen LogP contribution in [0.2, 0.25) is 0 Å². The number of nitrogens with zero attached hydrogens (tertiary/aromatic N) is 5. The number of carbonyl (C=O) groups excluding carboxylic acids is 1. The Bertz CT molecular complexity index is 1020. The van der Waals surface area contributed by atoms with Crippen LogP contribution in [0, 0.1) is 11.8 Å². The molecule has 0 aliphatic carbocycles. The lowest BCUT2D eigenvalue weighted by atomic mass is 10.1. The number of ether oxygens (including phenoxy) is 2. The van der Waals surface area contributed by atoms with E-state index >= 15 is 0 Å². The summed E-state index contributed by atoms with van der Waals surface area (Å²) in [6.07, 6.45) is 3.07. The van der Waals surface area contributed by atoms with Gasteiger partial charge in [-0.15, -0.1) is 5.92 Å². The Balaban J connectivity index is 1.81. The first-order chi connectivity index (χ1) is 13.6. The van der Waals surface area contributed by atoms with Crippen LogP contribution in [-0.4, -0.2) is 50.9 Å². The van der Waals surface area contributed by atoms with E-state index in [2.05, 4.69) is 26.7 Å². The van der Waals surface area contributed by atoms with Crippen LogP contribution >= 0.6 is 0 Å². The van der Waals surface area contributed by atoms with E-state index in [9.17, 15) is 9.59 Å². The van der Waals surface area contributed by atoms with Gasteiger partial charge in [-0.1, -0.05) is 5.92 Å². The normalized spacial score (nSPS) is 19.4. The van der Waals surface area contributed by atoms with Gasteiger partial charge in [-0.2, -0.15) is 9.97 Å². The SMILES string of the molecule is CC#CCn1c(N2CCCCC2)nc2nc(OC3CCOC3=O)n(C)c(=O)c21. The predicted octanol–water partition coefficient (Wildman–Crippen LogP) is 0.838. The first-order valence-corrected chi connectivity index (χ1v) is 9.55. The second-order valence-corrected chi connectivity index (χ2v) is 6.97. The highest BCUT2D eigenvalue weighted by Gasteiger charge is 2.31. The molecule has 28 heavy (non-hydrogen) atoms. The summed E-state index contributed by atoms with van der Waals surface area (Å²) in [6.45, 7) is 4.22. The van der Waals surface area contributed by atoms with E-state index in [4.69, 9.17) is 9.47 Å². The minimum atomic E-state index is -0.745. The van der Waals surface area contributed by atoms with E-state index in [0.717, 1.165) is 25.9 Å². The number of hydrogen-bond donors (Lipinski definition) is 0. The molecule has 0 amide bonds. The summed E-state index contributed by atoms with van der Waals surface area (Å²) in [7, 11) is 1.58. The maximum atomic E-state index is 13.1. The van der Waals surface area contributed by atoms with Gasteiger partial charge < -0.3 is 14.4 Å². The molecule has 4 rings (SSSR count). The molecule has 2 aliphatic rings. The molecule has 1 atom stereocenters. The molecular weight excluding hydrogens is 362 g/mol. The molecule has 0 aromatic carbocycles. The zero-order chi connectivity index (χ0) is 19.7. The first-order valence-electron chi connectivity index (χ1n) is 9.55. The number of aromatic nitrogens is 4. The van der Waals surface area contributed by atoms with E-state index in [1.54, 1.807) is 14.0 Å². The zero-order valence-electron chi connectivity index (χ0n) is 16.1. The topological polar surface area (TPSA) is 91.5 Å². The minimum absolute atomic E-state index is 0.0674. The second kappa shape index (κ2) is 7.54. The van der Waals surface area contributed by atoms with E-state index in [1.807, 2.05) is 4.57 Å². The Hall–Kier alpha value is -3.02. The molecule has 0 spiro atoms. The molecule has 0 bridgehead atoms. The van der Waals surface area contributed by atoms with Crippen molar-refractivity contribution in [3.05, 3.63) is 10.4 Å². The number of anilines is 1. The molecular formula is C19H23N5O4. The summed E-state index contributed by atoms with van der Waals surface area (Å²) in [4.78, 5) is 36.1. The highest BCUT2D eigenvalue weighted by molar-refractivity contribution is 5.77. The Kier molecular flexibility index (Phi) is 4.94. The molecule has 2 fully saturated rings. The van der Waals surface area contributed by atoms with Crippen molar-refractivity contribution in [2.45, 2.75) is 45.3 Å². The minimum Gasteiger partial charge on any atom is -0.463 e. The quantitative estimate of drug-likeness (QED) is 0.569. The number of hydrogen-bond acceptors (Lipinski definition) is 7. The van der Waals surface area contributed by atoms with Crippen LogP contribution in [0.15, 0.2) is 4.79 Å². The van der Waals surface area contributed by atoms with Crippen LogP contribution in [-0.2, 0) is 23.1 Å². The third-order valence-corrected chi connectivity index (χ3v) is 5.11. The van der Waals surface area contributed by atoms with E-state index in [1.165, 1.54) is 11.0 Å². The molecule has 0 N–H and O–H groups in total. The summed E-state index contributed by atoms with van der Waals surface area (Å²) in [5.41, 5.74) is 0.426. The summed E-state index contributed by atoms with van der Waals surface area (Å²) in [6, 6.07) is 0.0674. The lowest BCUT2D eigenvalue weighted by Crippen LogP contribution is -2.32. The molecule has 2 aromatic rings. The molecule has 2 aliphatic heterocycles. The third kappa shape index (κ3) is 3.19.